The Hall–Kier alpha value is -3.90. The quantitative estimate of drug-likeness (QED) is 0.117. The van der Waals surface area contributed by atoms with Gasteiger partial charge in [0.05, 0.1) is 0 Å². The molecule has 1 unspecified atom stereocenters. The Morgan fingerprint density at radius 3 is 2.95 bits per heavy atom. The number of aliphatic carboxylic acids is 1. The van der Waals surface area contributed by atoms with Crippen LogP contribution in [0.5, 0.6) is 0 Å². The van der Waals surface area contributed by atoms with Gasteiger partial charge in [-0.1, -0.05) is 16.9 Å². The fourth-order valence-corrected chi connectivity index (χ4v) is 6.47. The van der Waals surface area contributed by atoms with Gasteiger partial charge in [0.15, 0.2) is 10.8 Å². The lowest BCUT2D eigenvalue weighted by Gasteiger charge is -2.49. The number of oxime groups is 1. The molecule has 2 atom stereocenters. The summed E-state index contributed by atoms with van der Waals surface area (Å²) < 4.78 is 1.51. The Balaban J connectivity index is 1.28. The number of carbonyl (C=O) groups excluding carboxylic acids is 2. The summed E-state index contributed by atoms with van der Waals surface area (Å²) in [5, 5.41) is 28.8. The van der Waals surface area contributed by atoms with Gasteiger partial charge < -0.3 is 21.0 Å². The number of amides is 2. The number of fused-ring (bicyclic) bond motifs is 1. The average molecular weight is 563 g/mol. The highest BCUT2D eigenvalue weighted by Crippen LogP contribution is 2.41. The third-order valence-electron chi connectivity index (χ3n) is 5.25. The van der Waals surface area contributed by atoms with Crippen molar-refractivity contribution in [2.45, 2.75) is 16.6 Å². The monoisotopic (exact) mass is 562 g/mol. The van der Waals surface area contributed by atoms with Crippen LogP contribution in [0.2, 0.25) is 0 Å². The molecule has 18 heteroatoms. The second kappa shape index (κ2) is 10.2. The minimum absolute atomic E-state index is 0.104. The van der Waals surface area contributed by atoms with Gasteiger partial charge in [-0.25, -0.2) is 19.6 Å². The number of aromatic amines is 1. The molecule has 0 bridgehead atoms. The van der Waals surface area contributed by atoms with Gasteiger partial charge in [-0.3, -0.25) is 14.5 Å². The number of aromatic nitrogens is 6. The highest BCUT2D eigenvalue weighted by Gasteiger charge is 2.54. The molecule has 15 nitrogen and oxygen atoms in total. The van der Waals surface area contributed by atoms with Crippen molar-refractivity contribution >= 4 is 63.5 Å². The Kier molecular flexibility index (Phi) is 6.85. The molecule has 192 valence electrons. The highest BCUT2D eigenvalue weighted by molar-refractivity contribution is 8.01. The average Bonchev–Trinajstić information content (AvgIpc) is 3.65. The molecule has 2 amide bonds. The van der Waals surface area contributed by atoms with Crippen LogP contribution < -0.4 is 11.1 Å². The molecule has 2 aliphatic heterocycles. The van der Waals surface area contributed by atoms with E-state index in [-0.39, 0.29) is 28.0 Å². The third kappa shape index (κ3) is 4.77. The number of anilines is 1. The van der Waals surface area contributed by atoms with Gasteiger partial charge in [0.1, 0.15) is 29.9 Å². The summed E-state index contributed by atoms with van der Waals surface area (Å²) in [4.78, 5) is 52.3. The van der Waals surface area contributed by atoms with Crippen LogP contribution in [0, 0.1) is 0 Å². The van der Waals surface area contributed by atoms with E-state index in [1.54, 1.807) is 23.8 Å². The van der Waals surface area contributed by atoms with E-state index in [1.165, 1.54) is 40.2 Å². The maximum absolute atomic E-state index is 13.0. The number of β-lactam (4-membered cyclic amide) rings is 1. The second-order valence-electron chi connectivity index (χ2n) is 7.49. The Bertz CT molecular complexity index is 1420. The van der Waals surface area contributed by atoms with Crippen LogP contribution >= 0.6 is 34.9 Å². The molecule has 0 saturated carbocycles. The van der Waals surface area contributed by atoms with Crippen LogP contribution in [-0.4, -0.2) is 93.5 Å². The number of carbonyl (C=O) groups is 3. The summed E-state index contributed by atoms with van der Waals surface area (Å²) in [6, 6.07) is 0.804. The normalized spacial score (nSPS) is 19.4. The second-order valence-corrected chi connectivity index (χ2v) is 10.4. The van der Waals surface area contributed by atoms with E-state index in [0.717, 1.165) is 11.3 Å². The predicted molar refractivity (Wildman–Crippen MR) is 134 cm³/mol. The fourth-order valence-electron chi connectivity index (χ4n) is 3.65. The molecule has 1 saturated heterocycles. The number of nitrogens with one attached hydrogen (secondary N) is 2. The van der Waals surface area contributed by atoms with E-state index in [9.17, 15) is 19.5 Å². The zero-order valence-electron chi connectivity index (χ0n) is 18.9. The lowest BCUT2D eigenvalue weighted by molar-refractivity contribution is -0.150. The minimum atomic E-state index is -1.23. The predicted octanol–water partition coefficient (Wildman–Crippen LogP) is -0.0895. The van der Waals surface area contributed by atoms with Crippen LogP contribution in [0.1, 0.15) is 5.69 Å². The van der Waals surface area contributed by atoms with Gasteiger partial charge in [0.25, 0.3) is 11.8 Å². The summed E-state index contributed by atoms with van der Waals surface area (Å²) in [7, 11) is 1.27. The first-order valence-corrected chi connectivity index (χ1v) is 13.4. The lowest BCUT2D eigenvalue weighted by atomic mass is 10.0. The molecule has 2 aliphatic rings. The number of nitrogens with zero attached hydrogens (tertiary/aromatic N) is 7. The minimum Gasteiger partial charge on any atom is -0.477 e. The van der Waals surface area contributed by atoms with E-state index in [1.807, 2.05) is 0 Å². The zero-order valence-corrected chi connectivity index (χ0v) is 21.3. The topological polar surface area (TPSA) is 207 Å². The Morgan fingerprint density at radius 2 is 2.27 bits per heavy atom. The molecule has 0 aromatic carbocycles. The molecule has 3 aromatic rings. The van der Waals surface area contributed by atoms with Gasteiger partial charge in [-0.15, -0.1) is 28.2 Å². The van der Waals surface area contributed by atoms with Crippen LogP contribution in [0.15, 0.2) is 45.4 Å². The lowest BCUT2D eigenvalue weighted by Crippen LogP contribution is -2.71. The maximum Gasteiger partial charge on any atom is 0.352 e. The van der Waals surface area contributed by atoms with Crippen molar-refractivity contribution in [1.29, 1.82) is 0 Å². The number of H-pyrrole nitrogens is 1. The van der Waals surface area contributed by atoms with Gasteiger partial charge >= 0.3 is 5.97 Å². The summed E-state index contributed by atoms with van der Waals surface area (Å²) in [5.41, 5.74) is 6.14. The number of carboxylic acids is 1. The van der Waals surface area contributed by atoms with E-state index >= 15 is 0 Å². The van der Waals surface area contributed by atoms with Crippen molar-refractivity contribution in [3.05, 3.63) is 40.8 Å². The molecule has 0 aliphatic carbocycles. The van der Waals surface area contributed by atoms with Gasteiger partial charge in [-0.2, -0.15) is 10.1 Å². The number of thioether (sulfide) groups is 2. The summed E-state index contributed by atoms with van der Waals surface area (Å²) in [5.74, 6) is -1.44. The largest absolute Gasteiger partial charge is 0.477 e. The van der Waals surface area contributed by atoms with E-state index in [0.29, 0.717) is 22.4 Å². The number of nitrogen functional groups attached to an aromatic ring is 1. The Labute approximate surface area is 220 Å². The van der Waals surface area contributed by atoms with Gasteiger partial charge in [0, 0.05) is 29.3 Å². The molecule has 37 heavy (non-hydrogen) atoms. The molecular weight excluding hydrogens is 544 g/mol. The van der Waals surface area contributed by atoms with Gasteiger partial charge in [0.2, 0.25) is 11.1 Å². The zero-order chi connectivity index (χ0) is 26.1. The summed E-state index contributed by atoms with van der Waals surface area (Å²) in [6.07, 6.45) is 3.31. The Morgan fingerprint density at radius 1 is 1.43 bits per heavy atom. The third-order valence-corrected chi connectivity index (χ3v) is 8.20. The number of rotatable bonds is 9. The number of carboxylic acid groups (broad SMARTS) is 1. The molecule has 0 radical (unpaired) electrons. The molecular formula is C19H18N10O5S3. The van der Waals surface area contributed by atoms with Crippen LogP contribution in [0.4, 0.5) is 5.13 Å². The molecule has 1 fully saturated rings. The first-order valence-electron chi connectivity index (χ1n) is 10.5. The van der Waals surface area contributed by atoms with Crippen LogP contribution in [-0.2, 0) is 19.2 Å². The summed E-state index contributed by atoms with van der Waals surface area (Å²) >= 11 is 3.70. The fraction of sp³-hybridized carbons (Fsp3) is 0.263. The van der Waals surface area contributed by atoms with Crippen LogP contribution in [0.3, 0.4) is 0 Å². The van der Waals surface area contributed by atoms with E-state index in [4.69, 9.17) is 10.6 Å². The van der Waals surface area contributed by atoms with Crippen molar-refractivity contribution in [2.75, 3.05) is 24.3 Å². The molecule has 5 N–H and O–H groups in total. The van der Waals surface area contributed by atoms with Gasteiger partial charge in [-0.05, 0) is 11.6 Å². The first-order chi connectivity index (χ1) is 17.9. The molecule has 5 rings (SSSR count). The van der Waals surface area contributed by atoms with Crippen LogP contribution in [0.25, 0.3) is 5.95 Å². The standard InChI is InChI=1S/C19H18N10O5S3/c1-34-27-10(9-7-36-17(20)22-9)13(30)23-11-14(31)29-12(16(32)33)8(5-35-15(11)29)6-37-19-24-18(25-26-19)28-4-2-3-21-28/h2-4,7,11,15H,5-6H2,1H3,(H2,20,22)(H,23,30)(H,32,33)(H,24,25,26)/b27-10+/t11?,15-/m1/s1. The highest BCUT2D eigenvalue weighted by atomic mass is 32.2. The molecule has 3 aromatic heterocycles. The number of nitrogens with two attached hydrogens (primary N) is 1. The van der Waals surface area contributed by atoms with Crippen molar-refractivity contribution in [2.24, 2.45) is 5.16 Å². The van der Waals surface area contributed by atoms with Crippen molar-refractivity contribution < 1.29 is 24.3 Å². The van der Waals surface area contributed by atoms with Crippen molar-refractivity contribution in [3.8, 4) is 5.95 Å². The number of hydrogen-bond donors (Lipinski definition) is 4. The maximum atomic E-state index is 13.0. The molecule has 5 heterocycles. The first kappa shape index (κ1) is 24.8. The smallest absolute Gasteiger partial charge is 0.352 e. The van der Waals surface area contributed by atoms with Crippen molar-refractivity contribution in [3.63, 3.8) is 0 Å². The SMILES string of the molecule is CO/N=C(/C(=O)NC1C(=O)N2C(C(=O)O)=C(CSc3n[nH]c(-n4cccn4)n3)CS[C@H]12)c1csc(N)n1. The van der Waals surface area contributed by atoms with E-state index < -0.39 is 29.2 Å². The summed E-state index contributed by atoms with van der Waals surface area (Å²) in [6.45, 7) is 0. The number of hydrogen-bond acceptors (Lipinski definition) is 13. The number of thiazole rings is 1. The van der Waals surface area contributed by atoms with Crippen molar-refractivity contribution in [1.82, 2.24) is 40.2 Å². The van der Waals surface area contributed by atoms with E-state index in [2.05, 4.69) is 35.7 Å². The molecule has 0 spiro atoms.